The van der Waals surface area contributed by atoms with Gasteiger partial charge in [0, 0.05) is 18.9 Å². The van der Waals surface area contributed by atoms with Crippen molar-refractivity contribution in [3.8, 4) is 0 Å². The highest BCUT2D eigenvalue weighted by molar-refractivity contribution is 5.91. The molecule has 0 aromatic heterocycles. The lowest BCUT2D eigenvalue weighted by Crippen LogP contribution is -2.56. The summed E-state index contributed by atoms with van der Waals surface area (Å²) in [5, 5.41) is 20.7. The fraction of sp³-hybridized carbons (Fsp3) is 0.448. The molecule has 0 spiro atoms. The number of ether oxygens (including phenoxy) is 1. The molecular weight excluding hydrogens is 500 g/mol. The average molecular weight is 539 g/mol. The number of hydrogen-bond donors (Lipinski definition) is 5. The number of carbonyl (C=O) groups excluding carboxylic acids is 4. The largest absolute Gasteiger partial charge is 0.445 e. The van der Waals surface area contributed by atoms with E-state index in [0.717, 1.165) is 11.1 Å². The van der Waals surface area contributed by atoms with E-state index in [1.165, 1.54) is 0 Å². The molecule has 10 nitrogen and oxygen atoms in total. The van der Waals surface area contributed by atoms with Gasteiger partial charge < -0.3 is 31.1 Å². The molecule has 2 aromatic rings. The van der Waals surface area contributed by atoms with Crippen LogP contribution in [0.1, 0.15) is 43.7 Å². The Hall–Kier alpha value is -3.92. The normalized spacial score (nSPS) is 16.9. The Kier molecular flexibility index (Phi) is 11.8. The maximum Gasteiger partial charge on any atom is 0.408 e. The number of carbonyl (C=O) groups is 4. The molecule has 0 radical (unpaired) electrons. The first-order chi connectivity index (χ1) is 18.9. The highest BCUT2D eigenvalue weighted by Crippen LogP contribution is 2.16. The summed E-state index contributed by atoms with van der Waals surface area (Å²) in [4.78, 5) is 51.0. The second kappa shape index (κ2) is 15.5. The first-order valence-corrected chi connectivity index (χ1v) is 13.4. The number of benzene rings is 2. The molecule has 1 aliphatic heterocycles. The molecule has 1 aliphatic rings. The molecule has 1 fully saturated rings. The summed E-state index contributed by atoms with van der Waals surface area (Å²) in [6, 6.07) is 15.9. The van der Waals surface area contributed by atoms with Crippen LogP contribution in [0.4, 0.5) is 4.79 Å². The Morgan fingerprint density at radius 2 is 1.59 bits per heavy atom. The third-order valence-corrected chi connectivity index (χ3v) is 6.61. The van der Waals surface area contributed by atoms with Crippen molar-refractivity contribution in [2.45, 2.75) is 63.8 Å². The molecule has 0 saturated carbocycles. The highest BCUT2D eigenvalue weighted by atomic mass is 16.5. The van der Waals surface area contributed by atoms with Gasteiger partial charge in [0.2, 0.25) is 17.7 Å². The van der Waals surface area contributed by atoms with E-state index in [4.69, 9.17) is 4.74 Å². The van der Waals surface area contributed by atoms with E-state index in [1.54, 1.807) is 0 Å². The van der Waals surface area contributed by atoms with Gasteiger partial charge >= 0.3 is 6.09 Å². The topological polar surface area (TPSA) is 146 Å². The summed E-state index contributed by atoms with van der Waals surface area (Å²) in [6.45, 7) is 2.19. The molecule has 2 aromatic carbocycles. The Balaban J connectivity index is 1.64. The van der Waals surface area contributed by atoms with E-state index >= 15 is 0 Å². The summed E-state index contributed by atoms with van der Waals surface area (Å²) < 4.78 is 5.32. The van der Waals surface area contributed by atoms with Gasteiger partial charge in [0.05, 0.1) is 12.6 Å². The molecule has 4 amide bonds. The smallest absolute Gasteiger partial charge is 0.408 e. The van der Waals surface area contributed by atoms with Crippen molar-refractivity contribution in [2.24, 2.45) is 5.92 Å². The SMILES string of the molecule is CCC[C@H](NC(=O)[C@@H](Cc1ccccc1)NC(=O)OCc1ccccc1)C(=O)N[C@H](CO)C[C@@H]1CCNC1=O. The van der Waals surface area contributed by atoms with Gasteiger partial charge in [-0.2, -0.15) is 0 Å². The Bertz CT molecular complexity index is 1080. The van der Waals surface area contributed by atoms with Crippen LogP contribution >= 0.6 is 0 Å². The maximum atomic E-state index is 13.4. The van der Waals surface area contributed by atoms with Crippen LogP contribution in [0.25, 0.3) is 0 Å². The van der Waals surface area contributed by atoms with Crippen molar-refractivity contribution >= 4 is 23.8 Å². The van der Waals surface area contributed by atoms with Gasteiger partial charge in [-0.3, -0.25) is 14.4 Å². The van der Waals surface area contributed by atoms with Crippen molar-refractivity contribution in [3.05, 3.63) is 71.8 Å². The van der Waals surface area contributed by atoms with Crippen LogP contribution < -0.4 is 21.3 Å². The van der Waals surface area contributed by atoms with Crippen LogP contribution in [0.2, 0.25) is 0 Å². The molecule has 0 unspecified atom stereocenters. The number of nitrogens with one attached hydrogen (secondary N) is 4. The lowest BCUT2D eigenvalue weighted by atomic mass is 9.98. The van der Waals surface area contributed by atoms with Gasteiger partial charge in [0.25, 0.3) is 0 Å². The van der Waals surface area contributed by atoms with E-state index in [1.807, 2.05) is 67.6 Å². The van der Waals surface area contributed by atoms with Gasteiger partial charge in [0.15, 0.2) is 0 Å². The first kappa shape index (κ1) is 29.6. The third kappa shape index (κ3) is 9.72. The standard InChI is InChI=1S/C29H38N4O6/c1-2-9-24(27(36)31-23(18-34)17-22-14-15-30-26(22)35)32-28(37)25(16-20-10-5-3-6-11-20)33-29(38)39-19-21-12-7-4-8-13-21/h3-8,10-13,22-25,34H,2,9,14-19H2,1H3,(H,30,35)(H,31,36)(H,32,37)(H,33,38)/t22-,23-,24-,25+/m0/s1. The Morgan fingerprint density at radius 1 is 0.949 bits per heavy atom. The van der Waals surface area contributed by atoms with Gasteiger partial charge in [-0.1, -0.05) is 74.0 Å². The van der Waals surface area contributed by atoms with Gasteiger partial charge in [-0.05, 0) is 30.4 Å². The molecule has 3 rings (SSSR count). The summed E-state index contributed by atoms with van der Waals surface area (Å²) in [7, 11) is 0. The fourth-order valence-electron chi connectivity index (χ4n) is 4.49. The molecule has 1 heterocycles. The number of rotatable bonds is 14. The van der Waals surface area contributed by atoms with Gasteiger partial charge in [0.1, 0.15) is 18.7 Å². The van der Waals surface area contributed by atoms with E-state index in [0.29, 0.717) is 32.2 Å². The maximum absolute atomic E-state index is 13.4. The van der Waals surface area contributed by atoms with Crippen LogP contribution in [0.5, 0.6) is 0 Å². The van der Waals surface area contributed by atoms with Crippen molar-refractivity contribution in [3.63, 3.8) is 0 Å². The molecule has 5 N–H and O–H groups in total. The monoisotopic (exact) mass is 538 g/mol. The zero-order chi connectivity index (χ0) is 28.0. The minimum Gasteiger partial charge on any atom is -0.445 e. The summed E-state index contributed by atoms with van der Waals surface area (Å²) >= 11 is 0. The predicted molar refractivity (Wildman–Crippen MR) is 145 cm³/mol. The number of hydrogen-bond acceptors (Lipinski definition) is 6. The zero-order valence-corrected chi connectivity index (χ0v) is 22.2. The average Bonchev–Trinajstić information content (AvgIpc) is 3.35. The van der Waals surface area contributed by atoms with E-state index < -0.39 is 36.0 Å². The van der Waals surface area contributed by atoms with Crippen molar-refractivity contribution in [2.75, 3.05) is 13.2 Å². The van der Waals surface area contributed by atoms with Crippen molar-refractivity contribution in [1.29, 1.82) is 0 Å². The Labute approximate surface area is 228 Å². The number of alkyl carbamates (subject to hydrolysis) is 1. The summed E-state index contributed by atoms with van der Waals surface area (Å²) in [6.07, 6.45) is 1.38. The second-order valence-corrected chi connectivity index (χ2v) is 9.70. The molecule has 10 heteroatoms. The molecule has 39 heavy (non-hydrogen) atoms. The zero-order valence-electron chi connectivity index (χ0n) is 22.2. The van der Waals surface area contributed by atoms with Crippen LogP contribution in [0, 0.1) is 5.92 Å². The van der Waals surface area contributed by atoms with Crippen molar-refractivity contribution in [1.82, 2.24) is 21.3 Å². The minimum absolute atomic E-state index is 0.0504. The Morgan fingerprint density at radius 3 is 2.18 bits per heavy atom. The van der Waals surface area contributed by atoms with E-state index in [-0.39, 0.29) is 31.5 Å². The lowest BCUT2D eigenvalue weighted by Gasteiger charge is -2.25. The number of aliphatic hydroxyl groups is 1. The molecule has 0 bridgehead atoms. The molecule has 4 atom stereocenters. The van der Waals surface area contributed by atoms with Crippen LogP contribution in [0.15, 0.2) is 60.7 Å². The molecule has 1 saturated heterocycles. The molecule has 210 valence electrons. The first-order valence-electron chi connectivity index (χ1n) is 13.4. The molecular formula is C29H38N4O6. The van der Waals surface area contributed by atoms with E-state index in [9.17, 15) is 24.3 Å². The van der Waals surface area contributed by atoms with Crippen LogP contribution in [0.3, 0.4) is 0 Å². The predicted octanol–water partition coefficient (Wildman–Crippen LogP) is 1.81. The van der Waals surface area contributed by atoms with Crippen LogP contribution in [-0.4, -0.2) is 60.2 Å². The third-order valence-electron chi connectivity index (χ3n) is 6.61. The van der Waals surface area contributed by atoms with E-state index in [2.05, 4.69) is 21.3 Å². The van der Waals surface area contributed by atoms with Crippen LogP contribution in [-0.2, 0) is 32.1 Å². The minimum atomic E-state index is -0.987. The molecule has 0 aliphatic carbocycles. The summed E-state index contributed by atoms with van der Waals surface area (Å²) in [5.74, 6) is -1.34. The second-order valence-electron chi connectivity index (χ2n) is 9.70. The van der Waals surface area contributed by atoms with Crippen molar-refractivity contribution < 1.29 is 29.0 Å². The van der Waals surface area contributed by atoms with Gasteiger partial charge in [-0.15, -0.1) is 0 Å². The highest BCUT2D eigenvalue weighted by Gasteiger charge is 2.31. The quantitative estimate of drug-likeness (QED) is 0.248. The number of aliphatic hydroxyl groups excluding tert-OH is 1. The summed E-state index contributed by atoms with van der Waals surface area (Å²) in [5.41, 5.74) is 1.64. The van der Waals surface area contributed by atoms with Gasteiger partial charge in [-0.25, -0.2) is 4.79 Å². The lowest BCUT2D eigenvalue weighted by molar-refractivity contribution is -0.131. The number of amides is 4. The fourth-order valence-corrected chi connectivity index (χ4v) is 4.49.